The number of hydroxylamine groups is 1. The van der Waals surface area contributed by atoms with Crippen molar-refractivity contribution in [2.75, 3.05) is 26.2 Å². The smallest absolute Gasteiger partial charge is 0.263 e. The van der Waals surface area contributed by atoms with Crippen LogP contribution < -0.4 is 5.48 Å². The molecule has 3 aromatic rings. The predicted octanol–water partition coefficient (Wildman–Crippen LogP) is 2.59. The maximum atomic E-state index is 13.8. The molecule has 2 fully saturated rings. The van der Waals surface area contributed by atoms with Gasteiger partial charge >= 0.3 is 0 Å². The van der Waals surface area contributed by atoms with E-state index in [4.69, 9.17) is 9.57 Å². The molecule has 0 bridgehead atoms. The summed E-state index contributed by atoms with van der Waals surface area (Å²) in [5.41, 5.74) is 2.92. The number of carbonyl (C=O) groups is 1. The molecule has 2 unspecified atom stereocenters. The van der Waals surface area contributed by atoms with Gasteiger partial charge in [-0.3, -0.25) is 9.78 Å². The van der Waals surface area contributed by atoms with Gasteiger partial charge in [0, 0.05) is 49.9 Å². The Kier molecular flexibility index (Phi) is 8.61. The van der Waals surface area contributed by atoms with Crippen LogP contribution in [0.1, 0.15) is 19.3 Å². The molecule has 1 N–H and O–H groups in total. The van der Waals surface area contributed by atoms with Gasteiger partial charge in [0.2, 0.25) is 10.0 Å². The lowest BCUT2D eigenvalue weighted by Gasteiger charge is -2.38. The first-order valence-electron chi connectivity index (χ1n) is 12.5. The average molecular weight is 611 g/mol. The highest BCUT2D eigenvalue weighted by atomic mass is 32.2. The predicted molar refractivity (Wildman–Crippen MR) is 143 cm³/mol. The molecule has 4 heterocycles. The van der Waals surface area contributed by atoms with Crippen molar-refractivity contribution in [3.8, 4) is 10.4 Å². The molecule has 2 aliphatic rings. The van der Waals surface area contributed by atoms with E-state index in [0.717, 1.165) is 32.8 Å². The molecule has 0 aliphatic carbocycles. The van der Waals surface area contributed by atoms with Gasteiger partial charge in [0.25, 0.3) is 15.9 Å². The molecule has 2 aliphatic heterocycles. The Morgan fingerprint density at radius 1 is 1.05 bits per heavy atom. The minimum absolute atomic E-state index is 0.0373. The molecule has 0 saturated carbocycles. The van der Waals surface area contributed by atoms with E-state index in [1.807, 2.05) is 0 Å². The third kappa shape index (κ3) is 6.10. The first-order chi connectivity index (χ1) is 19.2. The summed E-state index contributed by atoms with van der Waals surface area (Å²) in [6.07, 6.45) is 4.21. The van der Waals surface area contributed by atoms with E-state index in [9.17, 15) is 26.0 Å². The van der Waals surface area contributed by atoms with Crippen molar-refractivity contribution in [3.05, 3.63) is 66.7 Å². The fourth-order valence-corrected chi connectivity index (χ4v) is 8.86. The molecule has 0 radical (unpaired) electrons. The van der Waals surface area contributed by atoms with E-state index in [-0.39, 0.29) is 22.2 Å². The second kappa shape index (κ2) is 12.0. The first-order valence-corrected chi connectivity index (χ1v) is 16.2. The first kappa shape index (κ1) is 28.7. The number of piperazine rings is 1. The number of hydrogen-bond donors (Lipinski definition) is 1. The van der Waals surface area contributed by atoms with Gasteiger partial charge in [-0.1, -0.05) is 12.1 Å². The lowest BCUT2D eigenvalue weighted by Crippen LogP contribution is -2.61. The number of hydrogen-bond acceptors (Lipinski definition) is 9. The molecule has 1 aromatic carbocycles. The van der Waals surface area contributed by atoms with E-state index in [1.165, 1.54) is 42.7 Å². The third-order valence-electron chi connectivity index (χ3n) is 6.57. The van der Waals surface area contributed by atoms with Crippen LogP contribution >= 0.6 is 11.3 Å². The van der Waals surface area contributed by atoms with Crippen LogP contribution in [0.4, 0.5) is 4.39 Å². The summed E-state index contributed by atoms with van der Waals surface area (Å²) in [7, 11) is -8.29. The summed E-state index contributed by atoms with van der Waals surface area (Å²) < 4.78 is 75.0. The van der Waals surface area contributed by atoms with E-state index < -0.39 is 50.6 Å². The van der Waals surface area contributed by atoms with E-state index in [2.05, 4.69) is 10.5 Å². The number of halogens is 1. The number of nitrogens with one attached hydrogen (secondary N) is 1. The largest absolute Gasteiger partial charge is 0.350 e. The second-order valence-corrected chi connectivity index (χ2v) is 14.3. The summed E-state index contributed by atoms with van der Waals surface area (Å²) in [5.74, 6) is -1.24. The van der Waals surface area contributed by atoms with E-state index >= 15 is 0 Å². The molecular weight excluding hydrogens is 583 g/mol. The maximum absolute atomic E-state index is 13.8. The lowest BCUT2D eigenvalue weighted by molar-refractivity contribution is -0.202. The van der Waals surface area contributed by atoms with Crippen molar-refractivity contribution in [1.82, 2.24) is 19.1 Å². The number of aromatic nitrogens is 1. The van der Waals surface area contributed by atoms with E-state index in [1.54, 1.807) is 18.2 Å². The Balaban J connectivity index is 1.41. The molecule has 11 nitrogen and oxygen atoms in total. The Morgan fingerprint density at radius 3 is 2.55 bits per heavy atom. The zero-order valence-electron chi connectivity index (χ0n) is 21.2. The van der Waals surface area contributed by atoms with Crippen molar-refractivity contribution in [2.24, 2.45) is 0 Å². The number of amides is 1. The number of ether oxygens (including phenoxy) is 1. The van der Waals surface area contributed by atoms with Crippen LogP contribution in [0, 0.1) is 5.82 Å². The molecule has 15 heteroatoms. The van der Waals surface area contributed by atoms with Crippen LogP contribution in [0.25, 0.3) is 10.4 Å². The summed E-state index contributed by atoms with van der Waals surface area (Å²) in [4.78, 5) is 23.1. The van der Waals surface area contributed by atoms with Crippen molar-refractivity contribution in [3.63, 3.8) is 0 Å². The van der Waals surface area contributed by atoms with Gasteiger partial charge in [0.05, 0.1) is 0 Å². The number of rotatable bonds is 8. The molecular formula is C25H27FN4O7S3. The minimum Gasteiger partial charge on any atom is -0.350 e. The van der Waals surface area contributed by atoms with Gasteiger partial charge < -0.3 is 4.74 Å². The fourth-order valence-electron chi connectivity index (χ4n) is 4.45. The van der Waals surface area contributed by atoms with Gasteiger partial charge in [-0.25, -0.2) is 31.5 Å². The quantitative estimate of drug-likeness (QED) is 0.385. The van der Waals surface area contributed by atoms with Crippen molar-refractivity contribution < 1.29 is 35.6 Å². The molecule has 2 saturated heterocycles. The summed E-state index contributed by atoms with van der Waals surface area (Å²) in [5, 5.41) is 0. The lowest BCUT2D eigenvalue weighted by atomic mass is 10.2. The topological polar surface area (TPSA) is 135 Å². The average Bonchev–Trinajstić information content (AvgIpc) is 3.48. The maximum Gasteiger partial charge on any atom is 0.263 e. The summed E-state index contributed by atoms with van der Waals surface area (Å²) in [6, 6.07) is 10.1. The zero-order chi connectivity index (χ0) is 28.3. The van der Waals surface area contributed by atoms with Gasteiger partial charge in [-0.2, -0.15) is 8.61 Å². The molecule has 5 rings (SSSR count). The van der Waals surface area contributed by atoms with Crippen LogP contribution in [-0.2, 0) is 34.4 Å². The van der Waals surface area contributed by atoms with Crippen LogP contribution in [0.15, 0.2) is 70.0 Å². The molecule has 1 amide bonds. The minimum atomic E-state index is -4.23. The van der Waals surface area contributed by atoms with Gasteiger partial charge in [0.1, 0.15) is 21.0 Å². The third-order valence-corrected chi connectivity index (χ3v) is 11.9. The van der Waals surface area contributed by atoms with Gasteiger partial charge in [-0.15, -0.1) is 11.3 Å². The normalized spacial score (nSPS) is 21.2. The Bertz CT molecular complexity index is 1540. The highest BCUT2D eigenvalue weighted by Gasteiger charge is 2.44. The number of thiophene rings is 1. The van der Waals surface area contributed by atoms with Gasteiger partial charge in [-0.05, 0) is 54.8 Å². The monoisotopic (exact) mass is 610 g/mol. The highest BCUT2D eigenvalue weighted by Crippen LogP contribution is 2.34. The fraction of sp³-hybridized carbons (Fsp3) is 0.360. The highest BCUT2D eigenvalue weighted by molar-refractivity contribution is 7.91. The van der Waals surface area contributed by atoms with Crippen molar-refractivity contribution in [2.45, 2.75) is 40.7 Å². The number of nitrogens with zero attached hydrogens (tertiary/aromatic N) is 3. The van der Waals surface area contributed by atoms with Crippen molar-refractivity contribution in [1.29, 1.82) is 0 Å². The standard InChI is InChI=1S/C25H27FN4O7S3/c26-19-8-6-18(7-9-19)22-10-11-24(38-22)40(34,35)30-14-13-29(39(32,33)20-4-3-12-27-16-20)17-21(30)25(31)28-37-23-5-1-2-15-36-23/h3-4,6-12,16,21,23H,1-2,5,13-15,17H2,(H,28,31). The Hall–Kier alpha value is -2.79. The summed E-state index contributed by atoms with van der Waals surface area (Å²) >= 11 is 0.970. The number of carbonyl (C=O) groups excluding carboxylic acids is 1. The van der Waals surface area contributed by atoms with Crippen LogP contribution in [0.5, 0.6) is 0 Å². The van der Waals surface area contributed by atoms with Crippen molar-refractivity contribution >= 4 is 37.3 Å². The molecule has 2 atom stereocenters. The van der Waals surface area contributed by atoms with E-state index in [0.29, 0.717) is 23.5 Å². The number of benzene rings is 1. The van der Waals surface area contributed by atoms with Gasteiger partial charge in [0.15, 0.2) is 6.29 Å². The molecule has 40 heavy (non-hydrogen) atoms. The molecule has 2 aromatic heterocycles. The van der Waals surface area contributed by atoms with Crippen LogP contribution in [-0.4, -0.2) is 74.9 Å². The second-order valence-electron chi connectivity index (χ2n) is 9.19. The Labute approximate surface area is 235 Å². The van der Waals surface area contributed by atoms with Crippen LogP contribution in [0.3, 0.4) is 0 Å². The number of pyridine rings is 1. The molecule has 214 valence electrons. The zero-order valence-corrected chi connectivity index (χ0v) is 23.6. The Morgan fingerprint density at radius 2 is 1.85 bits per heavy atom. The SMILES string of the molecule is O=C(NOC1CCCCO1)C1CN(S(=O)(=O)c2cccnc2)CCN1S(=O)(=O)c1ccc(-c2ccc(F)cc2)s1. The summed E-state index contributed by atoms with van der Waals surface area (Å²) in [6.45, 7) is -0.420. The molecule has 0 spiro atoms. The van der Waals surface area contributed by atoms with Crippen LogP contribution in [0.2, 0.25) is 0 Å². The number of sulfonamides is 2.